The Labute approximate surface area is 107 Å². The SMILES string of the molecule is CN(CCOc1ccccc1F)C1CNC1.Cl. The van der Waals surface area contributed by atoms with E-state index < -0.39 is 0 Å². The molecule has 1 aliphatic heterocycles. The summed E-state index contributed by atoms with van der Waals surface area (Å²) in [5, 5.41) is 3.22. The minimum atomic E-state index is -0.296. The summed E-state index contributed by atoms with van der Waals surface area (Å²) in [4.78, 5) is 2.23. The van der Waals surface area contributed by atoms with Crippen molar-refractivity contribution in [2.24, 2.45) is 0 Å². The number of likely N-dealkylation sites (N-methyl/N-ethyl adjacent to an activating group) is 1. The van der Waals surface area contributed by atoms with Crippen LogP contribution < -0.4 is 10.1 Å². The number of ether oxygens (including phenoxy) is 1. The Morgan fingerprint density at radius 3 is 2.71 bits per heavy atom. The van der Waals surface area contributed by atoms with Crippen LogP contribution in [0.25, 0.3) is 0 Å². The fourth-order valence-electron chi connectivity index (χ4n) is 1.63. The fourth-order valence-corrected chi connectivity index (χ4v) is 1.63. The standard InChI is InChI=1S/C12H17FN2O.ClH/c1-15(10-8-14-9-10)6-7-16-12-5-3-2-4-11(12)13;/h2-5,10,14H,6-9H2,1H3;1H. The second kappa shape index (κ2) is 6.79. The topological polar surface area (TPSA) is 24.5 Å². The molecule has 2 rings (SSSR count). The van der Waals surface area contributed by atoms with Gasteiger partial charge in [-0.05, 0) is 19.2 Å². The third kappa shape index (κ3) is 3.84. The molecule has 0 bridgehead atoms. The van der Waals surface area contributed by atoms with Gasteiger partial charge in [0.15, 0.2) is 11.6 Å². The molecule has 0 radical (unpaired) electrons. The van der Waals surface area contributed by atoms with E-state index in [0.29, 0.717) is 18.4 Å². The fraction of sp³-hybridized carbons (Fsp3) is 0.500. The van der Waals surface area contributed by atoms with Gasteiger partial charge in [-0.2, -0.15) is 0 Å². The van der Waals surface area contributed by atoms with Gasteiger partial charge in [0.2, 0.25) is 0 Å². The first-order chi connectivity index (χ1) is 7.77. The number of benzene rings is 1. The van der Waals surface area contributed by atoms with E-state index in [1.54, 1.807) is 18.2 Å². The van der Waals surface area contributed by atoms with Crippen molar-refractivity contribution < 1.29 is 9.13 Å². The van der Waals surface area contributed by atoms with Crippen LogP contribution in [-0.4, -0.2) is 44.2 Å². The third-order valence-electron chi connectivity index (χ3n) is 2.92. The van der Waals surface area contributed by atoms with Crippen molar-refractivity contribution in [1.82, 2.24) is 10.2 Å². The molecule has 1 aromatic carbocycles. The van der Waals surface area contributed by atoms with Gasteiger partial charge in [-0.25, -0.2) is 4.39 Å². The highest BCUT2D eigenvalue weighted by atomic mass is 35.5. The second-order valence-electron chi connectivity index (χ2n) is 4.07. The lowest BCUT2D eigenvalue weighted by Gasteiger charge is -2.35. The van der Waals surface area contributed by atoms with Crippen LogP contribution in [0.3, 0.4) is 0 Å². The largest absolute Gasteiger partial charge is 0.489 e. The van der Waals surface area contributed by atoms with Gasteiger partial charge in [0.05, 0.1) is 0 Å². The van der Waals surface area contributed by atoms with Gasteiger partial charge >= 0.3 is 0 Å². The lowest BCUT2D eigenvalue weighted by atomic mass is 10.1. The first-order valence-corrected chi connectivity index (χ1v) is 5.55. The van der Waals surface area contributed by atoms with Crippen molar-refractivity contribution >= 4 is 12.4 Å². The lowest BCUT2D eigenvalue weighted by Crippen LogP contribution is -2.56. The highest BCUT2D eigenvalue weighted by Crippen LogP contribution is 2.15. The molecule has 0 unspecified atom stereocenters. The maximum atomic E-state index is 13.2. The van der Waals surface area contributed by atoms with Crippen LogP contribution in [0.15, 0.2) is 24.3 Å². The van der Waals surface area contributed by atoms with E-state index >= 15 is 0 Å². The number of nitrogens with one attached hydrogen (secondary N) is 1. The Kier molecular flexibility index (Phi) is 5.68. The molecule has 1 N–H and O–H groups in total. The first-order valence-electron chi connectivity index (χ1n) is 5.55. The van der Waals surface area contributed by atoms with Crippen LogP contribution in [0.2, 0.25) is 0 Å². The van der Waals surface area contributed by atoms with Crippen molar-refractivity contribution in [3.63, 3.8) is 0 Å². The van der Waals surface area contributed by atoms with Gasteiger partial charge in [-0.3, -0.25) is 4.90 Å². The molecule has 96 valence electrons. The Morgan fingerprint density at radius 1 is 1.41 bits per heavy atom. The second-order valence-corrected chi connectivity index (χ2v) is 4.07. The first kappa shape index (κ1) is 14.2. The molecular formula is C12H18ClFN2O. The van der Waals surface area contributed by atoms with Crippen molar-refractivity contribution in [3.05, 3.63) is 30.1 Å². The molecular weight excluding hydrogens is 243 g/mol. The Balaban J connectivity index is 0.00000144. The molecule has 1 aliphatic rings. The quantitative estimate of drug-likeness (QED) is 0.869. The zero-order valence-electron chi connectivity index (χ0n) is 9.86. The lowest BCUT2D eigenvalue weighted by molar-refractivity contribution is 0.149. The summed E-state index contributed by atoms with van der Waals surface area (Å²) >= 11 is 0. The van der Waals surface area contributed by atoms with E-state index in [0.717, 1.165) is 19.6 Å². The highest BCUT2D eigenvalue weighted by molar-refractivity contribution is 5.85. The molecule has 3 nitrogen and oxygen atoms in total. The van der Waals surface area contributed by atoms with E-state index in [9.17, 15) is 4.39 Å². The third-order valence-corrected chi connectivity index (χ3v) is 2.92. The van der Waals surface area contributed by atoms with Crippen molar-refractivity contribution in [1.29, 1.82) is 0 Å². The van der Waals surface area contributed by atoms with Gasteiger partial charge in [-0.1, -0.05) is 12.1 Å². The summed E-state index contributed by atoms with van der Waals surface area (Å²) in [7, 11) is 2.07. The average molecular weight is 261 g/mol. The maximum absolute atomic E-state index is 13.2. The smallest absolute Gasteiger partial charge is 0.165 e. The predicted molar refractivity (Wildman–Crippen MR) is 68.4 cm³/mol. The van der Waals surface area contributed by atoms with E-state index in [1.165, 1.54) is 6.07 Å². The molecule has 0 amide bonds. The molecule has 0 saturated carbocycles. The van der Waals surface area contributed by atoms with Crippen LogP contribution in [0.1, 0.15) is 0 Å². The molecule has 17 heavy (non-hydrogen) atoms. The van der Waals surface area contributed by atoms with E-state index in [2.05, 4.69) is 17.3 Å². The molecule has 0 aromatic heterocycles. The van der Waals surface area contributed by atoms with Gasteiger partial charge in [-0.15, -0.1) is 12.4 Å². The molecule has 0 spiro atoms. The molecule has 1 aromatic rings. The van der Waals surface area contributed by atoms with Gasteiger partial charge in [0, 0.05) is 25.7 Å². The van der Waals surface area contributed by atoms with Gasteiger partial charge < -0.3 is 10.1 Å². The zero-order valence-corrected chi connectivity index (χ0v) is 10.7. The van der Waals surface area contributed by atoms with Crippen LogP contribution in [0.5, 0.6) is 5.75 Å². The molecule has 1 fully saturated rings. The average Bonchev–Trinajstić information content (AvgIpc) is 2.18. The van der Waals surface area contributed by atoms with Gasteiger partial charge in [0.25, 0.3) is 0 Å². The Morgan fingerprint density at radius 2 is 2.12 bits per heavy atom. The summed E-state index contributed by atoms with van der Waals surface area (Å²) in [5.41, 5.74) is 0. The van der Waals surface area contributed by atoms with E-state index in [-0.39, 0.29) is 18.2 Å². The molecule has 0 atom stereocenters. The molecule has 0 aliphatic carbocycles. The molecule has 5 heteroatoms. The Bertz CT molecular complexity index is 347. The zero-order chi connectivity index (χ0) is 11.4. The number of hydrogen-bond donors (Lipinski definition) is 1. The number of hydrogen-bond acceptors (Lipinski definition) is 3. The maximum Gasteiger partial charge on any atom is 0.165 e. The predicted octanol–water partition coefficient (Wildman–Crippen LogP) is 1.53. The summed E-state index contributed by atoms with van der Waals surface area (Å²) < 4.78 is 18.6. The molecule has 1 heterocycles. The number of nitrogens with zero attached hydrogens (tertiary/aromatic N) is 1. The Hall–Kier alpha value is -0.840. The number of para-hydroxylation sites is 1. The summed E-state index contributed by atoms with van der Waals surface area (Å²) in [6.45, 7) is 3.42. The minimum absolute atomic E-state index is 0. The van der Waals surface area contributed by atoms with Crippen molar-refractivity contribution in [2.75, 3.05) is 33.3 Å². The summed E-state index contributed by atoms with van der Waals surface area (Å²) in [5.74, 6) is 0.0399. The molecule has 1 saturated heterocycles. The van der Waals surface area contributed by atoms with Gasteiger partial charge in [0.1, 0.15) is 6.61 Å². The van der Waals surface area contributed by atoms with Crippen LogP contribution >= 0.6 is 12.4 Å². The highest BCUT2D eigenvalue weighted by Gasteiger charge is 2.20. The number of halogens is 2. The van der Waals surface area contributed by atoms with E-state index in [4.69, 9.17) is 4.74 Å². The monoisotopic (exact) mass is 260 g/mol. The summed E-state index contributed by atoms with van der Waals surface area (Å²) in [6, 6.07) is 7.10. The van der Waals surface area contributed by atoms with Crippen LogP contribution in [0, 0.1) is 5.82 Å². The van der Waals surface area contributed by atoms with Crippen LogP contribution in [0.4, 0.5) is 4.39 Å². The summed E-state index contributed by atoms with van der Waals surface area (Å²) in [6.07, 6.45) is 0. The van der Waals surface area contributed by atoms with E-state index in [1.807, 2.05) is 0 Å². The van der Waals surface area contributed by atoms with Crippen molar-refractivity contribution in [2.45, 2.75) is 6.04 Å². The minimum Gasteiger partial charge on any atom is -0.489 e. The normalized spacial score (nSPS) is 15.2. The number of rotatable bonds is 5. The van der Waals surface area contributed by atoms with Crippen molar-refractivity contribution in [3.8, 4) is 5.75 Å². The van der Waals surface area contributed by atoms with Crippen LogP contribution in [-0.2, 0) is 0 Å².